The van der Waals surface area contributed by atoms with Crippen LogP contribution in [0.2, 0.25) is 10.0 Å². The Labute approximate surface area is 167 Å². The van der Waals surface area contributed by atoms with E-state index in [1.807, 2.05) is 65.7 Å². The minimum absolute atomic E-state index is 0.0864. The molecule has 0 amide bonds. The van der Waals surface area contributed by atoms with Gasteiger partial charge in [0.25, 0.3) is 0 Å². The minimum atomic E-state index is -0.304. The van der Waals surface area contributed by atoms with Crippen LogP contribution in [0.1, 0.15) is 35.4 Å². The molecule has 0 N–H and O–H groups in total. The second kappa shape index (κ2) is 6.59. The second-order valence-corrected chi connectivity index (χ2v) is 7.59. The van der Waals surface area contributed by atoms with Gasteiger partial charge in [-0.3, -0.25) is 0 Å². The van der Waals surface area contributed by atoms with Gasteiger partial charge in [-0.05, 0) is 35.9 Å². The van der Waals surface area contributed by atoms with Crippen molar-refractivity contribution in [1.29, 1.82) is 0 Å². The number of benzene rings is 3. The lowest BCUT2D eigenvalue weighted by atomic mass is 9.96. The van der Waals surface area contributed by atoms with E-state index in [2.05, 4.69) is 12.1 Å². The fourth-order valence-electron chi connectivity index (χ4n) is 3.71. The maximum Gasteiger partial charge on any atom is 0.213 e. The zero-order valence-electron chi connectivity index (χ0n) is 14.3. The molecule has 0 radical (unpaired) electrons. The summed E-state index contributed by atoms with van der Waals surface area (Å²) in [5, 5.41) is 8.39. The second-order valence-electron chi connectivity index (χ2n) is 6.72. The molecule has 0 saturated heterocycles. The number of fused-ring (bicyclic) bond motifs is 3. The highest BCUT2D eigenvalue weighted by Gasteiger charge is 2.41. The summed E-state index contributed by atoms with van der Waals surface area (Å²) in [4.78, 5) is 0. The first-order chi connectivity index (χ1) is 13.2. The van der Waals surface area contributed by atoms with Crippen LogP contribution in [0.15, 0.2) is 77.9 Å². The summed E-state index contributed by atoms with van der Waals surface area (Å²) in [5.41, 5.74) is 4.27. The van der Waals surface area contributed by atoms with Crippen molar-refractivity contribution in [3.8, 4) is 5.75 Å². The summed E-state index contributed by atoms with van der Waals surface area (Å²) in [6.45, 7) is 0. The molecule has 0 saturated carbocycles. The van der Waals surface area contributed by atoms with E-state index in [-0.39, 0.29) is 12.3 Å². The third kappa shape index (κ3) is 2.97. The van der Waals surface area contributed by atoms with E-state index in [1.54, 1.807) is 0 Å². The van der Waals surface area contributed by atoms with Crippen molar-refractivity contribution in [3.63, 3.8) is 0 Å². The number of hydrazone groups is 1. The van der Waals surface area contributed by atoms with Gasteiger partial charge >= 0.3 is 0 Å². The van der Waals surface area contributed by atoms with Crippen LogP contribution in [-0.4, -0.2) is 10.7 Å². The van der Waals surface area contributed by atoms with Gasteiger partial charge in [0.15, 0.2) is 0 Å². The van der Waals surface area contributed by atoms with Crippen LogP contribution in [0, 0.1) is 0 Å². The van der Waals surface area contributed by atoms with Gasteiger partial charge < -0.3 is 4.74 Å². The summed E-state index contributed by atoms with van der Waals surface area (Å²) >= 11 is 12.3. The van der Waals surface area contributed by atoms with Crippen LogP contribution < -0.4 is 4.74 Å². The molecule has 0 unspecified atom stereocenters. The monoisotopic (exact) mass is 394 g/mol. The zero-order valence-corrected chi connectivity index (χ0v) is 15.9. The fraction of sp³-hybridized carbons (Fsp3) is 0.136. The van der Waals surface area contributed by atoms with E-state index < -0.39 is 0 Å². The van der Waals surface area contributed by atoms with Crippen LogP contribution in [-0.2, 0) is 0 Å². The maximum absolute atomic E-state index is 6.33. The molecule has 2 aliphatic heterocycles. The van der Waals surface area contributed by atoms with Gasteiger partial charge in [0, 0.05) is 27.6 Å². The molecule has 3 aromatic rings. The molecule has 0 spiro atoms. The third-order valence-corrected chi connectivity index (χ3v) is 5.50. The molecule has 0 aliphatic carbocycles. The van der Waals surface area contributed by atoms with Crippen LogP contribution in [0.4, 0.5) is 0 Å². The molecule has 5 heteroatoms. The first-order valence-electron chi connectivity index (χ1n) is 8.82. The van der Waals surface area contributed by atoms with Crippen molar-refractivity contribution < 1.29 is 4.74 Å². The van der Waals surface area contributed by atoms with Gasteiger partial charge in [-0.2, -0.15) is 5.10 Å². The lowest BCUT2D eigenvalue weighted by Crippen LogP contribution is -2.33. The lowest BCUT2D eigenvalue weighted by Gasteiger charge is -2.38. The smallest absolute Gasteiger partial charge is 0.213 e. The molecule has 2 aliphatic rings. The third-order valence-electron chi connectivity index (χ3n) is 5.01. The highest BCUT2D eigenvalue weighted by molar-refractivity contribution is 6.30. The lowest BCUT2D eigenvalue weighted by molar-refractivity contribution is -0.0190. The molecular formula is C22H16Cl2N2O. The van der Waals surface area contributed by atoms with E-state index >= 15 is 0 Å². The maximum atomic E-state index is 6.33. The molecule has 2 atom stereocenters. The molecule has 0 fully saturated rings. The Hall–Kier alpha value is -2.49. The number of hydrogen-bond acceptors (Lipinski definition) is 3. The summed E-state index contributed by atoms with van der Waals surface area (Å²) in [7, 11) is 0. The Bertz CT molecular complexity index is 1020. The Morgan fingerprint density at radius 2 is 1.63 bits per heavy atom. The first kappa shape index (κ1) is 16.7. The van der Waals surface area contributed by atoms with Crippen LogP contribution >= 0.6 is 23.2 Å². The number of nitrogens with zero attached hydrogens (tertiary/aromatic N) is 2. The molecule has 0 bridgehead atoms. The minimum Gasteiger partial charge on any atom is -0.464 e. The predicted octanol–water partition coefficient (Wildman–Crippen LogP) is 6.24. The molecule has 134 valence electrons. The van der Waals surface area contributed by atoms with E-state index in [1.165, 1.54) is 0 Å². The van der Waals surface area contributed by atoms with E-state index in [0.29, 0.717) is 10.0 Å². The van der Waals surface area contributed by atoms with Crippen LogP contribution in [0.3, 0.4) is 0 Å². The largest absolute Gasteiger partial charge is 0.464 e. The molecule has 0 aromatic heterocycles. The predicted molar refractivity (Wildman–Crippen MR) is 108 cm³/mol. The molecule has 2 heterocycles. The van der Waals surface area contributed by atoms with Crippen molar-refractivity contribution in [1.82, 2.24) is 5.01 Å². The molecule has 27 heavy (non-hydrogen) atoms. The summed E-state index contributed by atoms with van der Waals surface area (Å²) in [5.74, 6) is 0.852. The summed E-state index contributed by atoms with van der Waals surface area (Å²) in [6, 6.07) is 23.9. The Morgan fingerprint density at radius 1 is 0.889 bits per heavy atom. The highest BCUT2D eigenvalue weighted by atomic mass is 35.5. The quantitative estimate of drug-likeness (QED) is 0.513. The average Bonchev–Trinajstić information content (AvgIpc) is 3.15. The molecular weight excluding hydrogens is 379 g/mol. The standard InChI is InChI=1S/C22H16Cl2N2O/c23-16-8-6-15(7-9-16)22-26-20(18-12-17(24)10-11-21(18)27-22)13-19(25-26)14-4-2-1-3-5-14/h1-12,20,22H,13H2/t20-,22+/m0/s1. The van der Waals surface area contributed by atoms with Gasteiger partial charge in [0.2, 0.25) is 6.23 Å². The van der Waals surface area contributed by atoms with Gasteiger partial charge in [-0.1, -0.05) is 65.7 Å². The SMILES string of the molecule is Clc1ccc([C@H]2Oc3ccc(Cl)cc3[C@@H]3CC(c4ccccc4)=NN23)cc1. The van der Waals surface area contributed by atoms with Gasteiger partial charge in [-0.25, -0.2) is 5.01 Å². The van der Waals surface area contributed by atoms with Crippen molar-refractivity contribution in [2.75, 3.05) is 0 Å². The Balaban J connectivity index is 1.61. The highest BCUT2D eigenvalue weighted by Crippen LogP contribution is 2.48. The fourth-order valence-corrected chi connectivity index (χ4v) is 4.02. The number of halogens is 2. The van der Waals surface area contributed by atoms with Crippen molar-refractivity contribution >= 4 is 28.9 Å². The Kier molecular flexibility index (Phi) is 4.07. The van der Waals surface area contributed by atoms with E-state index in [9.17, 15) is 0 Å². The van der Waals surface area contributed by atoms with Crippen LogP contribution in [0.25, 0.3) is 0 Å². The van der Waals surface area contributed by atoms with Crippen molar-refractivity contribution in [2.45, 2.75) is 18.7 Å². The number of rotatable bonds is 2. The topological polar surface area (TPSA) is 24.8 Å². The van der Waals surface area contributed by atoms with Crippen LogP contribution in [0.5, 0.6) is 5.75 Å². The van der Waals surface area contributed by atoms with Gasteiger partial charge in [-0.15, -0.1) is 0 Å². The van der Waals surface area contributed by atoms with Gasteiger partial charge in [0.05, 0.1) is 11.8 Å². The molecule has 5 rings (SSSR count). The normalized spacial score (nSPS) is 20.5. The van der Waals surface area contributed by atoms with Crippen molar-refractivity contribution in [2.24, 2.45) is 5.10 Å². The molecule has 3 nitrogen and oxygen atoms in total. The summed E-state index contributed by atoms with van der Waals surface area (Å²) < 4.78 is 6.33. The first-order valence-corrected chi connectivity index (χ1v) is 9.57. The average molecular weight is 395 g/mol. The van der Waals surface area contributed by atoms with Crippen molar-refractivity contribution in [3.05, 3.63) is 99.5 Å². The number of hydrogen-bond donors (Lipinski definition) is 0. The number of ether oxygens (including phenoxy) is 1. The molecule has 3 aromatic carbocycles. The zero-order chi connectivity index (χ0) is 18.4. The van der Waals surface area contributed by atoms with E-state index in [4.69, 9.17) is 33.0 Å². The summed E-state index contributed by atoms with van der Waals surface area (Å²) in [6.07, 6.45) is 0.507. The van der Waals surface area contributed by atoms with Gasteiger partial charge in [0.1, 0.15) is 5.75 Å². The Morgan fingerprint density at radius 3 is 2.41 bits per heavy atom. The van der Waals surface area contributed by atoms with E-state index in [0.717, 1.165) is 34.6 Å².